The number of carbonyl (C=O) groups is 1. The van der Waals surface area contributed by atoms with Crippen molar-refractivity contribution in [2.24, 2.45) is 0 Å². The fraction of sp³-hybridized carbons (Fsp3) is 0.391. The van der Waals surface area contributed by atoms with Crippen molar-refractivity contribution in [2.75, 3.05) is 18.3 Å². The van der Waals surface area contributed by atoms with E-state index >= 15 is 0 Å². The molecule has 1 aliphatic heterocycles. The van der Waals surface area contributed by atoms with E-state index in [0.29, 0.717) is 18.0 Å². The maximum Gasteiger partial charge on any atom is 0.288 e. The summed E-state index contributed by atoms with van der Waals surface area (Å²) in [4.78, 5) is 18.2. The van der Waals surface area contributed by atoms with Gasteiger partial charge in [-0.2, -0.15) is 10.2 Å². The van der Waals surface area contributed by atoms with Crippen LogP contribution in [0.3, 0.4) is 0 Å². The van der Waals surface area contributed by atoms with Crippen LogP contribution >= 0.6 is 0 Å². The van der Waals surface area contributed by atoms with Gasteiger partial charge in [-0.25, -0.2) is 0 Å². The third-order valence-corrected chi connectivity index (χ3v) is 5.23. The van der Waals surface area contributed by atoms with Gasteiger partial charge in [-0.05, 0) is 44.2 Å². The van der Waals surface area contributed by atoms with E-state index in [1.54, 1.807) is 0 Å². The first-order valence-corrected chi connectivity index (χ1v) is 10.2. The van der Waals surface area contributed by atoms with Crippen molar-refractivity contribution >= 4 is 22.4 Å². The first kappa shape index (κ1) is 19.5. The molecule has 1 aliphatic rings. The molecule has 0 aliphatic carbocycles. The highest BCUT2D eigenvalue weighted by molar-refractivity contribution is 6.02. The fourth-order valence-corrected chi connectivity index (χ4v) is 3.79. The fourth-order valence-electron chi connectivity index (χ4n) is 3.79. The molecule has 0 atom stereocenters. The number of rotatable bonds is 8. The van der Waals surface area contributed by atoms with Crippen molar-refractivity contribution in [1.82, 2.24) is 9.78 Å². The number of fused-ring (bicyclic) bond motifs is 3. The SMILES string of the molecule is Cc1cc(C)n(CCCCCCON2C(=O)COc3c2ccc2ccccc32)n1. The normalized spacial score (nSPS) is 13.6. The molecule has 0 fully saturated rings. The van der Waals surface area contributed by atoms with E-state index in [1.807, 2.05) is 43.3 Å². The second-order valence-electron chi connectivity index (χ2n) is 7.51. The number of carbonyl (C=O) groups excluding carboxylic acids is 1. The second-order valence-corrected chi connectivity index (χ2v) is 7.51. The minimum Gasteiger partial charge on any atom is -0.481 e. The average molecular weight is 393 g/mol. The molecule has 3 aromatic rings. The topological polar surface area (TPSA) is 56.6 Å². The number of hydroxylamine groups is 1. The lowest BCUT2D eigenvalue weighted by Gasteiger charge is -2.29. The molecule has 6 heteroatoms. The molecule has 0 N–H and O–H groups in total. The summed E-state index contributed by atoms with van der Waals surface area (Å²) in [6.07, 6.45) is 4.17. The van der Waals surface area contributed by atoms with Crippen molar-refractivity contribution in [3.05, 3.63) is 53.9 Å². The van der Waals surface area contributed by atoms with Crippen LogP contribution in [0.25, 0.3) is 10.8 Å². The summed E-state index contributed by atoms with van der Waals surface area (Å²) in [6, 6.07) is 14.0. The molecule has 0 radical (unpaired) electrons. The predicted octanol–water partition coefficient (Wildman–Crippen LogP) is 4.57. The van der Waals surface area contributed by atoms with Crippen molar-refractivity contribution in [1.29, 1.82) is 0 Å². The molecule has 0 saturated carbocycles. The molecular weight excluding hydrogens is 366 g/mol. The van der Waals surface area contributed by atoms with E-state index in [2.05, 4.69) is 22.8 Å². The molecule has 0 saturated heterocycles. The summed E-state index contributed by atoms with van der Waals surface area (Å²) in [5.74, 6) is 0.546. The van der Waals surface area contributed by atoms with Crippen LogP contribution in [0.2, 0.25) is 0 Å². The number of benzene rings is 2. The third-order valence-electron chi connectivity index (χ3n) is 5.23. The highest BCUT2D eigenvalue weighted by Crippen LogP contribution is 2.38. The lowest BCUT2D eigenvalue weighted by Crippen LogP contribution is -2.39. The van der Waals surface area contributed by atoms with Crippen molar-refractivity contribution in [3.8, 4) is 5.75 Å². The van der Waals surface area contributed by atoms with Crippen LogP contribution in [0.15, 0.2) is 42.5 Å². The lowest BCUT2D eigenvalue weighted by molar-refractivity contribution is -0.129. The summed E-state index contributed by atoms with van der Waals surface area (Å²) in [5, 5.41) is 7.98. The largest absolute Gasteiger partial charge is 0.481 e. The number of unbranched alkanes of at least 4 members (excludes halogenated alkanes) is 3. The standard InChI is InChI=1S/C23H27N3O3/c1-17-15-18(2)25(24-17)13-7-3-4-8-14-29-26-21-12-11-19-9-5-6-10-20(19)23(21)28-16-22(26)27/h5-6,9-12,15H,3-4,7-8,13-14,16H2,1-2H3. The van der Waals surface area contributed by atoms with Crippen LogP contribution in [-0.4, -0.2) is 28.9 Å². The van der Waals surface area contributed by atoms with Gasteiger partial charge in [0.05, 0.1) is 12.3 Å². The van der Waals surface area contributed by atoms with E-state index in [4.69, 9.17) is 9.57 Å². The minimum absolute atomic E-state index is 0.00362. The van der Waals surface area contributed by atoms with Crippen molar-refractivity contribution in [3.63, 3.8) is 0 Å². The molecule has 2 aromatic carbocycles. The van der Waals surface area contributed by atoms with Crippen LogP contribution in [0.5, 0.6) is 5.75 Å². The van der Waals surface area contributed by atoms with Gasteiger partial charge in [0.25, 0.3) is 5.91 Å². The van der Waals surface area contributed by atoms with Gasteiger partial charge in [-0.15, -0.1) is 0 Å². The Balaban J connectivity index is 1.27. The van der Waals surface area contributed by atoms with Crippen LogP contribution in [0, 0.1) is 13.8 Å². The van der Waals surface area contributed by atoms with Gasteiger partial charge in [0.15, 0.2) is 12.4 Å². The summed E-state index contributed by atoms with van der Waals surface area (Å²) < 4.78 is 7.78. The van der Waals surface area contributed by atoms with Crippen LogP contribution in [0.4, 0.5) is 5.69 Å². The highest BCUT2D eigenvalue weighted by atomic mass is 16.7. The Morgan fingerprint density at radius 3 is 2.72 bits per heavy atom. The summed E-state index contributed by atoms with van der Waals surface area (Å²) in [5.41, 5.74) is 2.96. The van der Waals surface area contributed by atoms with E-state index in [1.165, 1.54) is 10.8 Å². The Labute approximate surface area is 171 Å². The molecular formula is C23H27N3O3. The van der Waals surface area contributed by atoms with Gasteiger partial charge in [0.2, 0.25) is 0 Å². The predicted molar refractivity (Wildman–Crippen MR) is 113 cm³/mol. The zero-order valence-electron chi connectivity index (χ0n) is 17.1. The molecule has 152 valence electrons. The molecule has 1 aromatic heterocycles. The quantitative estimate of drug-likeness (QED) is 0.526. The van der Waals surface area contributed by atoms with Gasteiger partial charge in [0, 0.05) is 17.6 Å². The molecule has 6 nitrogen and oxygen atoms in total. The van der Waals surface area contributed by atoms with Gasteiger partial charge in [0.1, 0.15) is 5.69 Å². The molecule has 4 rings (SSSR count). The Bertz CT molecular complexity index is 1010. The first-order chi connectivity index (χ1) is 14.1. The maximum atomic E-state index is 12.3. The molecule has 0 bridgehead atoms. The number of nitrogens with zero attached hydrogens (tertiary/aromatic N) is 3. The second kappa shape index (κ2) is 8.66. The van der Waals surface area contributed by atoms with Crippen LogP contribution < -0.4 is 9.80 Å². The third kappa shape index (κ3) is 4.27. The number of hydrogen-bond donors (Lipinski definition) is 0. The van der Waals surface area contributed by atoms with Crippen molar-refractivity contribution in [2.45, 2.75) is 46.1 Å². The highest BCUT2D eigenvalue weighted by Gasteiger charge is 2.28. The molecule has 0 unspecified atom stereocenters. The number of anilines is 1. The number of aromatic nitrogens is 2. The van der Waals surface area contributed by atoms with E-state index in [9.17, 15) is 4.79 Å². The molecule has 2 heterocycles. The number of hydrogen-bond acceptors (Lipinski definition) is 4. The van der Waals surface area contributed by atoms with Crippen LogP contribution in [-0.2, 0) is 16.2 Å². The zero-order chi connectivity index (χ0) is 20.2. The monoisotopic (exact) mass is 393 g/mol. The van der Waals surface area contributed by atoms with Gasteiger partial charge >= 0.3 is 0 Å². The Morgan fingerprint density at radius 2 is 1.90 bits per heavy atom. The van der Waals surface area contributed by atoms with Crippen molar-refractivity contribution < 1.29 is 14.4 Å². The molecule has 0 spiro atoms. The summed E-state index contributed by atoms with van der Waals surface area (Å²) >= 11 is 0. The van der Waals surface area contributed by atoms with E-state index < -0.39 is 0 Å². The molecule has 29 heavy (non-hydrogen) atoms. The number of aryl methyl sites for hydroxylation is 3. The number of amides is 1. The van der Waals surface area contributed by atoms with Gasteiger partial charge < -0.3 is 4.74 Å². The molecule has 1 amide bonds. The van der Waals surface area contributed by atoms with Crippen LogP contribution in [0.1, 0.15) is 37.1 Å². The number of ether oxygens (including phenoxy) is 1. The lowest BCUT2D eigenvalue weighted by atomic mass is 10.1. The summed E-state index contributed by atoms with van der Waals surface area (Å²) in [7, 11) is 0. The van der Waals surface area contributed by atoms with E-state index in [0.717, 1.165) is 48.7 Å². The Kier molecular flexibility index (Phi) is 5.81. The summed E-state index contributed by atoms with van der Waals surface area (Å²) in [6.45, 7) is 5.58. The first-order valence-electron chi connectivity index (χ1n) is 10.2. The Hall–Kier alpha value is -2.86. The minimum atomic E-state index is -0.169. The van der Waals surface area contributed by atoms with E-state index in [-0.39, 0.29) is 12.5 Å². The smallest absolute Gasteiger partial charge is 0.288 e. The van der Waals surface area contributed by atoms with Gasteiger partial charge in [-0.3, -0.25) is 14.3 Å². The average Bonchev–Trinajstić information content (AvgIpc) is 3.05. The Morgan fingerprint density at radius 1 is 1.07 bits per heavy atom. The van der Waals surface area contributed by atoms with Gasteiger partial charge in [-0.1, -0.05) is 43.2 Å². The maximum absolute atomic E-state index is 12.3. The zero-order valence-corrected chi connectivity index (χ0v) is 17.1.